The quantitative estimate of drug-likeness (QED) is 0.805. The molecule has 3 aromatic rings. The molecule has 22 heavy (non-hydrogen) atoms. The second-order valence-corrected chi connectivity index (χ2v) is 5.99. The van der Waals surface area contributed by atoms with E-state index < -0.39 is 0 Å². The smallest absolute Gasteiger partial charge is 0.271 e. The molecule has 1 aromatic carbocycles. The average Bonchev–Trinajstić information content (AvgIpc) is 2.92. The summed E-state index contributed by atoms with van der Waals surface area (Å²) in [6, 6.07) is 9.74. The molecule has 0 aliphatic rings. The number of H-pyrrole nitrogens is 1. The van der Waals surface area contributed by atoms with E-state index in [0.29, 0.717) is 17.5 Å². The van der Waals surface area contributed by atoms with Gasteiger partial charge in [0.1, 0.15) is 0 Å². The van der Waals surface area contributed by atoms with Crippen molar-refractivity contribution < 1.29 is 0 Å². The third-order valence-corrected chi connectivity index (χ3v) is 3.81. The molecule has 0 saturated carbocycles. The van der Waals surface area contributed by atoms with E-state index in [2.05, 4.69) is 28.9 Å². The zero-order chi connectivity index (χ0) is 15.7. The molecule has 0 bridgehead atoms. The summed E-state index contributed by atoms with van der Waals surface area (Å²) in [5.41, 5.74) is 2.44. The Kier molecular flexibility index (Phi) is 3.79. The first-order valence-electron chi connectivity index (χ1n) is 7.60. The van der Waals surface area contributed by atoms with Gasteiger partial charge in [0.05, 0.1) is 5.69 Å². The maximum absolute atomic E-state index is 12.7. The molecule has 5 heteroatoms. The molecule has 0 radical (unpaired) electrons. The molecule has 0 spiro atoms. The van der Waals surface area contributed by atoms with E-state index in [4.69, 9.17) is 0 Å². The molecule has 114 valence electrons. The van der Waals surface area contributed by atoms with Crippen molar-refractivity contribution in [3.63, 3.8) is 0 Å². The van der Waals surface area contributed by atoms with Crippen LogP contribution in [0.15, 0.2) is 35.1 Å². The van der Waals surface area contributed by atoms with Crippen LogP contribution in [-0.2, 0) is 6.42 Å². The van der Waals surface area contributed by atoms with Crippen LogP contribution in [0.2, 0.25) is 0 Å². The Morgan fingerprint density at radius 2 is 1.91 bits per heavy atom. The van der Waals surface area contributed by atoms with Gasteiger partial charge in [0, 0.05) is 11.1 Å². The number of benzene rings is 1. The Morgan fingerprint density at radius 3 is 2.59 bits per heavy atom. The molecule has 2 aromatic heterocycles. The monoisotopic (exact) mass is 296 g/mol. The molecular formula is C17H20N4O. The van der Waals surface area contributed by atoms with Crippen LogP contribution in [0, 0.1) is 12.8 Å². The van der Waals surface area contributed by atoms with Gasteiger partial charge in [-0.2, -0.15) is 9.50 Å². The van der Waals surface area contributed by atoms with Crippen molar-refractivity contribution in [1.29, 1.82) is 0 Å². The highest BCUT2D eigenvalue weighted by Crippen LogP contribution is 2.15. The summed E-state index contributed by atoms with van der Waals surface area (Å²) in [6.45, 7) is 6.19. The van der Waals surface area contributed by atoms with Gasteiger partial charge >= 0.3 is 0 Å². The summed E-state index contributed by atoms with van der Waals surface area (Å²) in [7, 11) is 0. The fourth-order valence-corrected chi connectivity index (χ4v) is 2.50. The number of aryl methyl sites for hydroxylation is 1. The fourth-order valence-electron chi connectivity index (χ4n) is 2.50. The first kappa shape index (κ1) is 14.5. The van der Waals surface area contributed by atoms with Crippen LogP contribution in [-0.4, -0.2) is 19.6 Å². The van der Waals surface area contributed by atoms with Crippen molar-refractivity contribution in [1.82, 2.24) is 19.6 Å². The lowest BCUT2D eigenvalue weighted by Crippen LogP contribution is -2.22. The number of nitrogens with zero attached hydrogens (tertiary/aromatic N) is 3. The van der Waals surface area contributed by atoms with Crippen molar-refractivity contribution in [2.45, 2.75) is 33.6 Å². The number of rotatable bonds is 4. The minimum Gasteiger partial charge on any atom is -0.271 e. The van der Waals surface area contributed by atoms with Crippen LogP contribution in [0.4, 0.5) is 0 Å². The Labute approximate surface area is 129 Å². The number of aromatic nitrogens is 4. The summed E-state index contributed by atoms with van der Waals surface area (Å²) in [4.78, 5) is 21.6. The molecule has 0 amide bonds. The van der Waals surface area contributed by atoms with Gasteiger partial charge < -0.3 is 0 Å². The van der Waals surface area contributed by atoms with Crippen LogP contribution in [0.5, 0.6) is 0 Å². The number of hydrogen-bond acceptors (Lipinski definition) is 3. The van der Waals surface area contributed by atoms with Crippen molar-refractivity contribution in [3.8, 4) is 11.4 Å². The van der Waals surface area contributed by atoms with E-state index in [1.807, 2.05) is 37.3 Å². The third kappa shape index (κ3) is 2.66. The SMILES string of the molecule is Cc1nc2nc(-c3ccccc3)[nH]n2c(=O)c1CCC(C)C. The Morgan fingerprint density at radius 1 is 1.18 bits per heavy atom. The van der Waals surface area contributed by atoms with Crippen LogP contribution in [0.1, 0.15) is 31.5 Å². The zero-order valence-corrected chi connectivity index (χ0v) is 13.1. The van der Waals surface area contributed by atoms with E-state index in [9.17, 15) is 4.79 Å². The highest BCUT2D eigenvalue weighted by atomic mass is 16.1. The summed E-state index contributed by atoms with van der Waals surface area (Å²) in [5.74, 6) is 1.64. The van der Waals surface area contributed by atoms with E-state index in [-0.39, 0.29) is 5.56 Å². The standard InChI is InChI=1S/C17H20N4O/c1-11(2)9-10-14-12(3)18-17-19-15(20-21(17)16(14)22)13-7-5-4-6-8-13/h4-8,11H,9-10H2,1-3H3,(H,18,19,20). The predicted molar refractivity (Wildman–Crippen MR) is 86.9 cm³/mol. The Balaban J connectivity index is 2.09. The molecule has 2 heterocycles. The summed E-state index contributed by atoms with van der Waals surface area (Å²) in [6.07, 6.45) is 1.72. The van der Waals surface area contributed by atoms with Crippen LogP contribution >= 0.6 is 0 Å². The van der Waals surface area contributed by atoms with E-state index in [1.165, 1.54) is 4.52 Å². The van der Waals surface area contributed by atoms with Crippen LogP contribution in [0.3, 0.4) is 0 Å². The highest BCUT2D eigenvalue weighted by molar-refractivity contribution is 5.56. The van der Waals surface area contributed by atoms with E-state index in [1.54, 1.807) is 0 Å². The van der Waals surface area contributed by atoms with Gasteiger partial charge in [0.2, 0.25) is 0 Å². The first-order valence-corrected chi connectivity index (χ1v) is 7.60. The minimum atomic E-state index is -0.0437. The van der Waals surface area contributed by atoms with Gasteiger partial charge in [-0.25, -0.2) is 4.98 Å². The van der Waals surface area contributed by atoms with Crippen molar-refractivity contribution in [2.24, 2.45) is 5.92 Å². The second-order valence-electron chi connectivity index (χ2n) is 5.99. The summed E-state index contributed by atoms with van der Waals surface area (Å²) >= 11 is 0. The molecule has 0 fully saturated rings. The van der Waals surface area contributed by atoms with E-state index >= 15 is 0 Å². The molecular weight excluding hydrogens is 276 g/mol. The highest BCUT2D eigenvalue weighted by Gasteiger charge is 2.14. The second kappa shape index (κ2) is 5.75. The summed E-state index contributed by atoms with van der Waals surface area (Å²) in [5, 5.41) is 3.07. The van der Waals surface area contributed by atoms with Gasteiger partial charge in [-0.3, -0.25) is 9.89 Å². The normalized spacial score (nSPS) is 11.5. The molecule has 0 unspecified atom stereocenters. The maximum Gasteiger partial charge on any atom is 0.277 e. The topological polar surface area (TPSA) is 63.1 Å². The number of hydrogen-bond donors (Lipinski definition) is 1. The molecule has 0 aliphatic carbocycles. The van der Waals surface area contributed by atoms with Gasteiger partial charge in [-0.15, -0.1) is 0 Å². The lowest BCUT2D eigenvalue weighted by molar-refractivity contribution is 0.581. The molecule has 0 atom stereocenters. The molecule has 1 N–H and O–H groups in total. The Hall–Kier alpha value is -2.43. The molecule has 5 nitrogen and oxygen atoms in total. The maximum atomic E-state index is 12.7. The van der Waals surface area contributed by atoms with E-state index in [0.717, 1.165) is 29.7 Å². The minimum absolute atomic E-state index is 0.0437. The molecule has 0 aliphatic heterocycles. The number of fused-ring (bicyclic) bond motifs is 1. The zero-order valence-electron chi connectivity index (χ0n) is 13.1. The molecule has 3 rings (SSSR count). The Bertz CT molecular complexity index is 846. The predicted octanol–water partition coefficient (Wildman–Crippen LogP) is 2.98. The van der Waals surface area contributed by atoms with Gasteiger partial charge in [0.15, 0.2) is 5.82 Å². The third-order valence-electron chi connectivity index (χ3n) is 3.81. The van der Waals surface area contributed by atoms with Crippen molar-refractivity contribution in [3.05, 3.63) is 51.9 Å². The van der Waals surface area contributed by atoms with Crippen LogP contribution in [0.25, 0.3) is 17.2 Å². The van der Waals surface area contributed by atoms with Crippen molar-refractivity contribution in [2.75, 3.05) is 0 Å². The van der Waals surface area contributed by atoms with Crippen molar-refractivity contribution >= 4 is 5.78 Å². The number of aromatic amines is 1. The lowest BCUT2D eigenvalue weighted by Gasteiger charge is -2.06. The fraction of sp³-hybridized carbons (Fsp3) is 0.353. The largest absolute Gasteiger partial charge is 0.277 e. The number of nitrogens with one attached hydrogen (secondary N) is 1. The van der Waals surface area contributed by atoms with Crippen LogP contribution < -0.4 is 5.56 Å². The average molecular weight is 296 g/mol. The van der Waals surface area contributed by atoms with Gasteiger partial charge in [-0.05, 0) is 25.7 Å². The lowest BCUT2D eigenvalue weighted by atomic mass is 10.0. The first-order chi connectivity index (χ1) is 10.6. The van der Waals surface area contributed by atoms with Gasteiger partial charge in [0.25, 0.3) is 11.3 Å². The summed E-state index contributed by atoms with van der Waals surface area (Å²) < 4.78 is 1.45. The van der Waals surface area contributed by atoms with Gasteiger partial charge in [-0.1, -0.05) is 44.2 Å². The molecule has 0 saturated heterocycles.